The molecule has 0 spiro atoms. The van der Waals surface area contributed by atoms with Crippen LogP contribution in [0.4, 0.5) is 20.2 Å². The molecule has 6 nitrogen and oxygen atoms in total. The number of nitrogens with zero attached hydrogens (tertiary/aromatic N) is 1. The molecular weight excluding hydrogens is 1360 g/mol. The fourth-order valence-electron chi connectivity index (χ4n) is 17.4. The van der Waals surface area contributed by atoms with Gasteiger partial charge in [-0.15, -0.1) is 0 Å². The summed E-state index contributed by atoms with van der Waals surface area (Å²) in [7, 11) is 0.0283. The zero-order valence-corrected chi connectivity index (χ0v) is 68.3. The van der Waals surface area contributed by atoms with E-state index in [1.54, 1.807) is 0 Å². The molecule has 0 saturated carbocycles. The number of phenolic OH excluding ortho intramolecular Hbond substituents is 2. The standard InChI is InChI=1S/C100H104F2N2O4Si/c1-58-31-59(2)36-73(35-58)68-21-23-69(24-22-68)81-28-25-70(74-37-60(3)32-61(4)38-74)45-88(81)103-89-50-77(99(17,18)54-97(11,12)13)48-84(93(89)105)86-52-79(101)43-66(9)95(86)107-56-109-57-108-96-67(10)44-80(102)53-87(96)85-49-78(100(19,20)55-98(14,15)16)51-92(94(85)106)104-90-46-71(75-39-62(5)33-63(6)40-75)26-29-82(90)83-30-27-72(47-91(83)104)76-41-64(7)34-65(8)42-76/h21-53,103,105-106H,54-57H2,1-20H3. The van der Waals surface area contributed by atoms with E-state index >= 15 is 8.78 Å². The van der Waals surface area contributed by atoms with E-state index in [0.29, 0.717) is 56.3 Å². The first kappa shape index (κ1) is 76.7. The maximum absolute atomic E-state index is 16.6. The third-order valence-electron chi connectivity index (χ3n) is 21.1. The summed E-state index contributed by atoms with van der Waals surface area (Å²) >= 11 is 0. The van der Waals surface area contributed by atoms with Crippen molar-refractivity contribution < 1.29 is 28.5 Å². The topological polar surface area (TPSA) is 75.9 Å². The van der Waals surface area contributed by atoms with Crippen molar-refractivity contribution in [3.63, 3.8) is 0 Å². The number of phenols is 2. The smallest absolute Gasteiger partial charge is 0.147 e. The Morgan fingerprint density at radius 2 is 0.697 bits per heavy atom. The Bertz CT molecular complexity index is 5510. The third-order valence-corrected chi connectivity index (χ3v) is 21.8. The molecule has 1 aromatic heterocycles. The molecule has 3 N–H and O–H groups in total. The summed E-state index contributed by atoms with van der Waals surface area (Å²) in [6.07, 6.45) is 1.95. The van der Waals surface area contributed by atoms with Crippen molar-refractivity contribution in [3.8, 4) is 107 Å². The van der Waals surface area contributed by atoms with Crippen LogP contribution in [0.15, 0.2) is 200 Å². The van der Waals surface area contributed by atoms with Gasteiger partial charge in [0.25, 0.3) is 0 Å². The number of aromatic nitrogens is 1. The number of benzene rings is 12. The van der Waals surface area contributed by atoms with E-state index in [0.717, 1.165) is 118 Å². The van der Waals surface area contributed by atoms with E-state index in [1.165, 1.54) is 57.6 Å². The minimum absolute atomic E-state index is 0.0136. The molecule has 0 saturated heterocycles. The summed E-state index contributed by atoms with van der Waals surface area (Å²) in [6, 6.07) is 69.0. The number of rotatable bonds is 20. The summed E-state index contributed by atoms with van der Waals surface area (Å²) in [4.78, 5) is 0. The Balaban J connectivity index is 0.879. The van der Waals surface area contributed by atoms with E-state index in [1.807, 2.05) is 26.0 Å². The number of nitrogens with one attached hydrogen (secondary N) is 1. The van der Waals surface area contributed by atoms with Crippen LogP contribution in [-0.2, 0) is 10.8 Å². The number of halogens is 2. The molecule has 556 valence electrons. The highest BCUT2D eigenvalue weighted by molar-refractivity contribution is 6.35. The van der Waals surface area contributed by atoms with Gasteiger partial charge in [-0.05, 0) is 243 Å². The van der Waals surface area contributed by atoms with Crippen LogP contribution in [0.2, 0.25) is 0 Å². The van der Waals surface area contributed by atoms with Crippen LogP contribution in [-0.4, -0.2) is 36.8 Å². The van der Waals surface area contributed by atoms with Crippen molar-refractivity contribution in [2.75, 3.05) is 17.8 Å². The number of fused-ring (bicyclic) bond motifs is 3. The first-order valence-corrected chi connectivity index (χ1v) is 39.6. The van der Waals surface area contributed by atoms with Gasteiger partial charge in [-0.25, -0.2) is 8.78 Å². The van der Waals surface area contributed by atoms with Gasteiger partial charge in [-0.2, -0.15) is 0 Å². The van der Waals surface area contributed by atoms with Gasteiger partial charge in [0, 0.05) is 44.3 Å². The highest BCUT2D eigenvalue weighted by Gasteiger charge is 2.34. The van der Waals surface area contributed by atoms with Crippen LogP contribution in [0.3, 0.4) is 0 Å². The largest absolute Gasteiger partial charge is 0.505 e. The number of hydrogen-bond donors (Lipinski definition) is 3. The van der Waals surface area contributed by atoms with Gasteiger partial charge in [0.1, 0.15) is 44.2 Å². The lowest BCUT2D eigenvalue weighted by Crippen LogP contribution is -2.25. The summed E-state index contributed by atoms with van der Waals surface area (Å²) in [5, 5.41) is 32.5. The molecule has 109 heavy (non-hydrogen) atoms. The van der Waals surface area contributed by atoms with Gasteiger partial charge in [0.15, 0.2) is 0 Å². The summed E-state index contributed by atoms with van der Waals surface area (Å²) in [5.41, 5.74) is 27.4. The summed E-state index contributed by atoms with van der Waals surface area (Å²) < 4.78 is 49.0. The van der Waals surface area contributed by atoms with Crippen LogP contribution in [0.25, 0.3) is 105 Å². The molecule has 0 aliphatic rings. The van der Waals surface area contributed by atoms with E-state index in [9.17, 15) is 10.2 Å². The zero-order valence-electron chi connectivity index (χ0n) is 67.3. The van der Waals surface area contributed by atoms with Crippen molar-refractivity contribution in [2.24, 2.45) is 10.8 Å². The molecule has 0 amide bonds. The average Bonchev–Trinajstić information content (AvgIpc) is 1.64. The van der Waals surface area contributed by atoms with Crippen LogP contribution in [0, 0.1) is 91.7 Å². The van der Waals surface area contributed by atoms with E-state index in [2.05, 4.69) is 298 Å². The van der Waals surface area contributed by atoms with Gasteiger partial charge in [-0.1, -0.05) is 247 Å². The third kappa shape index (κ3) is 16.7. The maximum Gasteiger partial charge on any atom is 0.147 e. The highest BCUT2D eigenvalue weighted by atomic mass is 28.2. The Morgan fingerprint density at radius 1 is 0.339 bits per heavy atom. The van der Waals surface area contributed by atoms with Gasteiger partial charge in [0.05, 0.1) is 34.9 Å². The minimum Gasteiger partial charge on any atom is -0.505 e. The number of anilines is 2. The Hall–Kier alpha value is -10.5. The minimum atomic E-state index is -0.467. The lowest BCUT2D eigenvalue weighted by Gasteiger charge is -2.34. The molecule has 13 aromatic rings. The van der Waals surface area contributed by atoms with Gasteiger partial charge < -0.3 is 29.6 Å². The monoisotopic (exact) mass is 1460 g/mol. The van der Waals surface area contributed by atoms with Gasteiger partial charge in [-0.3, -0.25) is 0 Å². The molecule has 9 heteroatoms. The number of aromatic hydroxyl groups is 2. The molecule has 1 heterocycles. The number of aryl methyl sites for hydroxylation is 10. The Kier molecular flexibility index (Phi) is 21.0. The second-order valence-electron chi connectivity index (χ2n) is 34.8. The zero-order chi connectivity index (χ0) is 78.1. The first-order valence-electron chi connectivity index (χ1n) is 38.2. The van der Waals surface area contributed by atoms with Crippen molar-refractivity contribution in [1.82, 2.24) is 4.57 Å². The Labute approximate surface area is 647 Å². The lowest BCUT2D eigenvalue weighted by molar-refractivity contribution is 0.283. The van der Waals surface area contributed by atoms with Crippen molar-refractivity contribution in [3.05, 3.63) is 279 Å². The fourth-order valence-corrected chi connectivity index (χ4v) is 17.9. The van der Waals surface area contributed by atoms with Crippen molar-refractivity contribution >= 4 is 42.7 Å². The molecular formula is C100H104F2N2O4Si. The molecule has 0 fully saturated rings. The van der Waals surface area contributed by atoms with Crippen LogP contribution >= 0.6 is 0 Å². The normalized spacial score (nSPS) is 12.2. The summed E-state index contributed by atoms with van der Waals surface area (Å²) in [6.45, 7) is 43.1. The van der Waals surface area contributed by atoms with Crippen LogP contribution in [0.1, 0.15) is 149 Å². The van der Waals surface area contributed by atoms with Gasteiger partial charge >= 0.3 is 0 Å². The average molecular weight is 1460 g/mol. The molecule has 0 unspecified atom stereocenters. The lowest BCUT2D eigenvalue weighted by atomic mass is 9.71. The predicted molar refractivity (Wildman–Crippen MR) is 457 cm³/mol. The van der Waals surface area contributed by atoms with E-state index in [-0.39, 0.29) is 44.3 Å². The molecule has 0 bridgehead atoms. The molecule has 12 aromatic carbocycles. The summed E-state index contributed by atoms with van der Waals surface area (Å²) in [5.74, 6) is -0.127. The van der Waals surface area contributed by atoms with E-state index < -0.39 is 22.5 Å². The highest BCUT2D eigenvalue weighted by Crippen LogP contribution is 2.52. The number of ether oxygens (including phenoxy) is 2. The van der Waals surface area contributed by atoms with Gasteiger partial charge in [0.2, 0.25) is 0 Å². The van der Waals surface area contributed by atoms with Crippen molar-refractivity contribution in [1.29, 1.82) is 0 Å². The quantitative estimate of drug-likeness (QED) is 0.0403. The maximum atomic E-state index is 16.6. The first-order chi connectivity index (χ1) is 51.4. The molecule has 0 aliphatic carbocycles. The van der Waals surface area contributed by atoms with Crippen molar-refractivity contribution in [2.45, 2.75) is 162 Å². The van der Waals surface area contributed by atoms with Crippen LogP contribution in [0.5, 0.6) is 23.0 Å². The molecule has 13 rings (SSSR count). The Morgan fingerprint density at radius 3 is 1.11 bits per heavy atom. The predicted octanol–water partition coefficient (Wildman–Crippen LogP) is 27.5. The number of hydrogen-bond acceptors (Lipinski definition) is 5. The second kappa shape index (κ2) is 29.8. The van der Waals surface area contributed by atoms with E-state index in [4.69, 9.17) is 9.47 Å². The molecule has 2 radical (unpaired) electrons. The SMILES string of the molecule is Cc1cc(C)cc(-c2ccc(-c3ccc(-c4cc(C)cc(C)c4)cc3Nc3cc(C(C)(C)CC(C)(C)C)cc(-c4cc(F)cc(C)c4OC[Si]COc4c(C)cc(F)cc4-c4cc(C(C)(C)CC(C)(C)C)cc(-n5c6cc(-c7cc(C)cc(C)c7)ccc6c6ccc(-c7cc(C)cc(C)c7)cc65)c4O)c3O)cc2)c1. The van der Waals surface area contributed by atoms with Crippen LogP contribution < -0.4 is 14.8 Å². The fraction of sp³-hybridized carbons (Fsp3) is 0.280. The molecule has 0 aliphatic heterocycles. The second-order valence-corrected chi connectivity index (χ2v) is 35.9. The molecule has 0 atom stereocenters.